The van der Waals surface area contributed by atoms with E-state index in [1.807, 2.05) is 42.1 Å². The van der Waals surface area contributed by atoms with E-state index in [-0.39, 0.29) is 0 Å². The van der Waals surface area contributed by atoms with Gasteiger partial charge in [0.25, 0.3) is 0 Å². The molecule has 0 unspecified atom stereocenters. The van der Waals surface area contributed by atoms with Gasteiger partial charge in [0.1, 0.15) is 11.2 Å². The van der Waals surface area contributed by atoms with Crippen LogP contribution in [0.5, 0.6) is 0 Å². The molecule has 1 aliphatic heterocycles. The van der Waals surface area contributed by atoms with Crippen molar-refractivity contribution in [2.24, 2.45) is 0 Å². The molecule has 4 nitrogen and oxygen atoms in total. The highest BCUT2D eigenvalue weighted by atomic mass is 32.2. The van der Waals surface area contributed by atoms with E-state index in [9.17, 15) is 0 Å². The zero-order chi connectivity index (χ0) is 42.6. The summed E-state index contributed by atoms with van der Waals surface area (Å²) < 4.78 is 6.50. The van der Waals surface area contributed by atoms with E-state index in [2.05, 4.69) is 182 Å². The molecule has 14 rings (SSSR count). The van der Waals surface area contributed by atoms with Crippen molar-refractivity contribution in [3.05, 3.63) is 235 Å². The van der Waals surface area contributed by atoms with E-state index in [0.29, 0.717) is 5.82 Å². The monoisotopic (exact) mass is 845 g/mol. The zero-order valence-corrected chi connectivity index (χ0v) is 35.7. The molecule has 5 heteroatoms. The number of rotatable bonds is 4. The summed E-state index contributed by atoms with van der Waals surface area (Å²) in [5.41, 5.74) is 16.5. The number of nitrogens with zero attached hydrogens (tertiary/aromatic N) is 3. The van der Waals surface area contributed by atoms with E-state index in [1.54, 1.807) is 0 Å². The highest BCUT2D eigenvalue weighted by Gasteiger charge is 2.50. The Labute approximate surface area is 378 Å². The van der Waals surface area contributed by atoms with Crippen LogP contribution in [0.15, 0.2) is 227 Å². The van der Waals surface area contributed by atoms with Crippen LogP contribution >= 0.6 is 11.8 Å². The fourth-order valence-electron chi connectivity index (χ4n) is 10.8. The van der Waals surface area contributed by atoms with Crippen LogP contribution in [0.2, 0.25) is 0 Å². The van der Waals surface area contributed by atoms with Gasteiger partial charge < -0.3 is 4.42 Å². The first kappa shape index (κ1) is 36.4. The van der Waals surface area contributed by atoms with Crippen molar-refractivity contribution in [3.8, 4) is 56.3 Å². The summed E-state index contributed by atoms with van der Waals surface area (Å²) in [6, 6.07) is 75.9. The molecule has 1 spiro atoms. The summed E-state index contributed by atoms with van der Waals surface area (Å²) in [7, 11) is 0. The van der Waals surface area contributed by atoms with E-state index < -0.39 is 5.41 Å². The molecule has 0 N–H and O–H groups in total. The number of fused-ring (bicyclic) bond motifs is 16. The largest absolute Gasteiger partial charge is 0.455 e. The van der Waals surface area contributed by atoms with Gasteiger partial charge in [-0.05, 0) is 69.8 Å². The van der Waals surface area contributed by atoms with Crippen LogP contribution in [0, 0.1) is 0 Å². The van der Waals surface area contributed by atoms with Crippen LogP contribution in [0.1, 0.15) is 22.3 Å². The number of furan rings is 1. The molecule has 12 aromatic rings. The van der Waals surface area contributed by atoms with Gasteiger partial charge in [-0.1, -0.05) is 188 Å². The lowest BCUT2D eigenvalue weighted by Gasteiger charge is -2.39. The number of hydrogen-bond acceptors (Lipinski definition) is 5. The fourth-order valence-corrected chi connectivity index (χ4v) is 12.0. The third-order valence-electron chi connectivity index (χ3n) is 13.6. The summed E-state index contributed by atoms with van der Waals surface area (Å²) in [6.45, 7) is 0. The second-order valence-electron chi connectivity index (χ2n) is 17.0. The first-order valence-electron chi connectivity index (χ1n) is 22.0. The maximum atomic E-state index is 6.50. The molecule has 0 amide bonds. The molecule has 0 fully saturated rings. The van der Waals surface area contributed by atoms with Crippen molar-refractivity contribution in [1.29, 1.82) is 0 Å². The molecule has 0 saturated carbocycles. The number of pyridine rings is 1. The average molecular weight is 846 g/mol. The summed E-state index contributed by atoms with van der Waals surface area (Å²) in [4.78, 5) is 18.4. The SMILES string of the molecule is c1ccc(-c2nc(-c3ccc(-c4nc5ccccc5c5c6c(ccc45)C4(c5ccccc5Sc5ccccc54)c4ccccc4-6)cc3)cc(-c3cccc4c3oc3ccccc34)n2)cc1. The summed E-state index contributed by atoms with van der Waals surface area (Å²) in [5.74, 6) is 0.659. The molecule has 0 saturated heterocycles. The van der Waals surface area contributed by atoms with Crippen molar-refractivity contribution in [2.75, 3.05) is 0 Å². The van der Waals surface area contributed by atoms with Gasteiger partial charge in [-0.25, -0.2) is 15.0 Å². The number of aromatic nitrogens is 3. The predicted octanol–water partition coefficient (Wildman–Crippen LogP) is 15.6. The van der Waals surface area contributed by atoms with Crippen LogP contribution in [0.3, 0.4) is 0 Å². The average Bonchev–Trinajstić information content (AvgIpc) is 3.90. The number of benzene rings is 9. The van der Waals surface area contributed by atoms with Crippen LogP contribution < -0.4 is 0 Å². The molecular formula is C60H35N3OS. The van der Waals surface area contributed by atoms with E-state index in [0.717, 1.165) is 77.6 Å². The molecule has 9 aromatic carbocycles. The summed E-state index contributed by atoms with van der Waals surface area (Å²) in [6.07, 6.45) is 0. The lowest BCUT2D eigenvalue weighted by molar-refractivity contribution is 0.670. The molecule has 302 valence electrons. The summed E-state index contributed by atoms with van der Waals surface area (Å²) >= 11 is 1.88. The standard InChI is InChI=1S/C60H35N3OS/c1-2-15-38(16-3-1)59-62-50(35-51(63-59)43-21-14-20-40-39-17-6-11-26-52(39)64-58(40)43)36-29-31-37(32-30-36)57-44-33-34-48-56(55(44)42-19-5-10-25-49(42)61-57)41-18-4-7-22-45(41)60(48)46-23-8-12-27-53(46)65-54-28-13-9-24-47(54)60/h1-35H. The van der Waals surface area contributed by atoms with Crippen molar-refractivity contribution in [3.63, 3.8) is 0 Å². The van der Waals surface area contributed by atoms with E-state index in [4.69, 9.17) is 19.4 Å². The van der Waals surface area contributed by atoms with Crippen molar-refractivity contribution < 1.29 is 4.42 Å². The minimum absolute atomic E-state index is 0.463. The van der Waals surface area contributed by atoms with Crippen LogP contribution in [0.25, 0.3) is 99.9 Å². The Morgan fingerprint density at radius 2 is 1.03 bits per heavy atom. The normalized spacial score (nSPS) is 13.3. The fraction of sp³-hybridized carbons (Fsp3) is 0.0167. The molecule has 0 bridgehead atoms. The molecule has 65 heavy (non-hydrogen) atoms. The molecule has 2 aliphatic rings. The Kier molecular flexibility index (Phi) is 7.80. The van der Waals surface area contributed by atoms with E-state index >= 15 is 0 Å². The highest BCUT2D eigenvalue weighted by molar-refractivity contribution is 7.99. The first-order valence-corrected chi connectivity index (χ1v) is 22.8. The van der Waals surface area contributed by atoms with Gasteiger partial charge in [0.2, 0.25) is 0 Å². The van der Waals surface area contributed by atoms with Gasteiger partial charge in [-0.3, -0.25) is 0 Å². The molecule has 4 heterocycles. The van der Waals surface area contributed by atoms with Crippen LogP contribution in [-0.2, 0) is 5.41 Å². The maximum absolute atomic E-state index is 6.50. The quantitative estimate of drug-likeness (QED) is 0.165. The van der Waals surface area contributed by atoms with E-state index in [1.165, 1.54) is 48.6 Å². The molecule has 0 atom stereocenters. The lowest BCUT2D eigenvalue weighted by atomic mass is 9.67. The lowest BCUT2D eigenvalue weighted by Crippen LogP contribution is -2.31. The van der Waals surface area contributed by atoms with Gasteiger partial charge in [-0.2, -0.15) is 0 Å². The Morgan fingerprint density at radius 3 is 1.85 bits per heavy atom. The van der Waals surface area contributed by atoms with Crippen LogP contribution in [0.4, 0.5) is 0 Å². The predicted molar refractivity (Wildman–Crippen MR) is 265 cm³/mol. The van der Waals surface area contributed by atoms with Gasteiger partial charge >= 0.3 is 0 Å². The minimum Gasteiger partial charge on any atom is -0.455 e. The number of para-hydroxylation sites is 3. The summed E-state index contributed by atoms with van der Waals surface area (Å²) in [5, 5.41) is 5.67. The molecule has 3 aromatic heterocycles. The third-order valence-corrected chi connectivity index (χ3v) is 14.7. The van der Waals surface area contributed by atoms with Gasteiger partial charge in [0.05, 0.1) is 28.0 Å². The highest BCUT2D eigenvalue weighted by Crippen LogP contribution is 2.63. The van der Waals surface area contributed by atoms with Crippen molar-refractivity contribution >= 4 is 55.4 Å². The Balaban J connectivity index is 0.963. The van der Waals surface area contributed by atoms with Gasteiger partial charge in [0.15, 0.2) is 5.82 Å². The third kappa shape index (κ3) is 5.24. The van der Waals surface area contributed by atoms with Crippen molar-refractivity contribution in [1.82, 2.24) is 15.0 Å². The van der Waals surface area contributed by atoms with Crippen LogP contribution in [-0.4, -0.2) is 15.0 Å². The van der Waals surface area contributed by atoms with Gasteiger partial charge in [-0.15, -0.1) is 0 Å². The minimum atomic E-state index is -0.463. The Hall–Kier alpha value is -8.12. The Morgan fingerprint density at radius 1 is 0.400 bits per heavy atom. The Bertz CT molecular complexity index is 3880. The van der Waals surface area contributed by atoms with Gasteiger partial charge in [0, 0.05) is 59.0 Å². The van der Waals surface area contributed by atoms with Crippen molar-refractivity contribution in [2.45, 2.75) is 15.2 Å². The molecular weight excluding hydrogens is 811 g/mol. The smallest absolute Gasteiger partial charge is 0.160 e. The second-order valence-corrected chi connectivity index (χ2v) is 18.0. The molecule has 1 aliphatic carbocycles. The second kappa shape index (κ2) is 13.9. The first-order chi connectivity index (χ1) is 32.2. The molecule has 0 radical (unpaired) electrons. The number of hydrogen-bond donors (Lipinski definition) is 0. The topological polar surface area (TPSA) is 51.8 Å². The zero-order valence-electron chi connectivity index (χ0n) is 34.9. The maximum Gasteiger partial charge on any atom is 0.160 e.